The number of amides is 1. The molecule has 1 amide bonds. The van der Waals surface area contributed by atoms with Crippen molar-refractivity contribution in [3.63, 3.8) is 0 Å². The summed E-state index contributed by atoms with van der Waals surface area (Å²) in [5, 5.41) is 9.90. The number of aliphatic hydroxyl groups is 1. The first-order valence-corrected chi connectivity index (χ1v) is 8.30. The van der Waals surface area contributed by atoms with Crippen LogP contribution in [0.2, 0.25) is 5.02 Å². The predicted molar refractivity (Wildman–Crippen MR) is 98.4 cm³/mol. The van der Waals surface area contributed by atoms with Crippen LogP contribution in [-0.4, -0.2) is 61.2 Å². The summed E-state index contributed by atoms with van der Waals surface area (Å²) < 4.78 is 0. The molecule has 1 N–H and O–H groups in total. The Labute approximate surface area is 148 Å². The number of carbonyl (C=O) groups excluding carboxylic acids is 1. The summed E-state index contributed by atoms with van der Waals surface area (Å²) in [6.07, 6.45) is 0. The molecule has 0 spiro atoms. The first kappa shape index (κ1) is 18.5. The van der Waals surface area contributed by atoms with Gasteiger partial charge in [-0.15, -0.1) is 0 Å². The smallest absolute Gasteiger partial charge is 0.253 e. The standard InChI is InChI=1S/C19H23ClN2O2/c1-21(2)9-10-22(11-12-23)19(24)17-7-3-5-15(13-17)16-6-4-8-18(20)14-16/h3-8,13-14,23H,9-12H2,1-2H3. The van der Waals surface area contributed by atoms with E-state index in [-0.39, 0.29) is 12.5 Å². The highest BCUT2D eigenvalue weighted by Gasteiger charge is 2.16. The molecule has 0 bridgehead atoms. The summed E-state index contributed by atoms with van der Waals surface area (Å²) in [6, 6.07) is 15.1. The van der Waals surface area contributed by atoms with Crippen LogP contribution in [0.25, 0.3) is 11.1 Å². The number of carbonyl (C=O) groups is 1. The Morgan fingerprint density at radius 3 is 2.29 bits per heavy atom. The summed E-state index contributed by atoms with van der Waals surface area (Å²) >= 11 is 6.05. The number of hydrogen-bond acceptors (Lipinski definition) is 3. The third kappa shape index (κ3) is 5.06. The lowest BCUT2D eigenvalue weighted by Gasteiger charge is -2.24. The van der Waals surface area contributed by atoms with Gasteiger partial charge in [-0.05, 0) is 49.5 Å². The van der Waals surface area contributed by atoms with Crippen LogP contribution in [0.3, 0.4) is 0 Å². The zero-order chi connectivity index (χ0) is 17.5. The molecule has 0 saturated carbocycles. The van der Waals surface area contributed by atoms with Gasteiger partial charge in [0.2, 0.25) is 0 Å². The lowest BCUT2D eigenvalue weighted by molar-refractivity contribution is 0.0710. The first-order chi connectivity index (χ1) is 11.5. The molecule has 4 nitrogen and oxygen atoms in total. The van der Waals surface area contributed by atoms with Crippen LogP contribution in [0.1, 0.15) is 10.4 Å². The predicted octanol–water partition coefficient (Wildman–Crippen LogP) is 3.00. The van der Waals surface area contributed by atoms with Gasteiger partial charge in [0.05, 0.1) is 6.61 Å². The monoisotopic (exact) mass is 346 g/mol. The van der Waals surface area contributed by atoms with Crippen molar-refractivity contribution < 1.29 is 9.90 Å². The van der Waals surface area contributed by atoms with Crippen molar-refractivity contribution in [1.82, 2.24) is 9.80 Å². The van der Waals surface area contributed by atoms with Crippen molar-refractivity contribution in [2.24, 2.45) is 0 Å². The van der Waals surface area contributed by atoms with E-state index in [1.807, 2.05) is 61.5 Å². The third-order valence-corrected chi connectivity index (χ3v) is 3.98. The Balaban J connectivity index is 2.23. The summed E-state index contributed by atoms with van der Waals surface area (Å²) in [5.74, 6) is -0.0743. The quantitative estimate of drug-likeness (QED) is 0.838. The summed E-state index contributed by atoms with van der Waals surface area (Å²) in [5.41, 5.74) is 2.53. The molecule has 24 heavy (non-hydrogen) atoms. The molecule has 0 aromatic heterocycles. The van der Waals surface area contributed by atoms with E-state index in [1.165, 1.54) is 0 Å². The number of likely N-dealkylation sites (N-methyl/N-ethyl adjacent to an activating group) is 1. The Morgan fingerprint density at radius 1 is 1.00 bits per heavy atom. The fourth-order valence-electron chi connectivity index (χ4n) is 2.44. The van der Waals surface area contributed by atoms with Crippen LogP contribution >= 0.6 is 11.6 Å². The Kier molecular flexibility index (Phi) is 6.79. The third-order valence-electron chi connectivity index (χ3n) is 3.74. The maximum atomic E-state index is 12.8. The highest BCUT2D eigenvalue weighted by Crippen LogP contribution is 2.24. The van der Waals surface area contributed by atoms with Crippen molar-refractivity contribution in [1.29, 1.82) is 0 Å². The van der Waals surface area contributed by atoms with Crippen molar-refractivity contribution >= 4 is 17.5 Å². The topological polar surface area (TPSA) is 43.8 Å². The van der Waals surface area contributed by atoms with Gasteiger partial charge in [0.25, 0.3) is 5.91 Å². The Hall–Kier alpha value is -1.88. The minimum Gasteiger partial charge on any atom is -0.395 e. The molecular weight excluding hydrogens is 324 g/mol. The molecule has 0 saturated heterocycles. The van der Waals surface area contributed by atoms with Gasteiger partial charge in [-0.1, -0.05) is 35.9 Å². The molecule has 0 aliphatic carbocycles. The van der Waals surface area contributed by atoms with Gasteiger partial charge in [-0.2, -0.15) is 0 Å². The van der Waals surface area contributed by atoms with Crippen LogP contribution in [0.15, 0.2) is 48.5 Å². The molecular formula is C19H23ClN2O2. The summed E-state index contributed by atoms with van der Waals surface area (Å²) in [7, 11) is 3.92. The van der Waals surface area contributed by atoms with Crippen LogP contribution in [-0.2, 0) is 0 Å². The van der Waals surface area contributed by atoms with E-state index in [2.05, 4.69) is 0 Å². The highest BCUT2D eigenvalue weighted by molar-refractivity contribution is 6.30. The van der Waals surface area contributed by atoms with Gasteiger partial charge in [0.15, 0.2) is 0 Å². The van der Waals surface area contributed by atoms with Crippen LogP contribution in [0.5, 0.6) is 0 Å². The van der Waals surface area contributed by atoms with Gasteiger partial charge in [-0.25, -0.2) is 0 Å². The Bertz CT molecular complexity index is 689. The van der Waals surface area contributed by atoms with Gasteiger partial charge in [-0.3, -0.25) is 4.79 Å². The number of benzene rings is 2. The molecule has 128 valence electrons. The van der Waals surface area contributed by atoms with Crippen molar-refractivity contribution in [2.75, 3.05) is 40.3 Å². The minimum absolute atomic E-state index is 0.0485. The maximum absolute atomic E-state index is 12.8. The van der Waals surface area contributed by atoms with Gasteiger partial charge in [0, 0.05) is 30.2 Å². The largest absolute Gasteiger partial charge is 0.395 e. The number of halogens is 1. The highest BCUT2D eigenvalue weighted by atomic mass is 35.5. The molecule has 2 rings (SSSR count). The van der Waals surface area contributed by atoms with Gasteiger partial charge >= 0.3 is 0 Å². The van der Waals surface area contributed by atoms with E-state index >= 15 is 0 Å². The number of nitrogens with zero attached hydrogens (tertiary/aromatic N) is 2. The normalized spacial score (nSPS) is 10.9. The molecule has 5 heteroatoms. The zero-order valence-corrected chi connectivity index (χ0v) is 14.8. The zero-order valence-electron chi connectivity index (χ0n) is 14.1. The van der Waals surface area contributed by atoms with Crippen molar-refractivity contribution in [2.45, 2.75) is 0 Å². The molecule has 0 radical (unpaired) electrons. The molecule has 2 aromatic carbocycles. The number of hydrogen-bond donors (Lipinski definition) is 1. The second kappa shape index (κ2) is 8.83. The van der Waals surface area contributed by atoms with E-state index in [0.717, 1.165) is 17.7 Å². The summed E-state index contributed by atoms with van der Waals surface area (Å²) in [6.45, 7) is 1.61. The average molecular weight is 347 g/mol. The Morgan fingerprint density at radius 2 is 1.67 bits per heavy atom. The second-order valence-corrected chi connectivity index (χ2v) is 6.35. The van der Waals surface area contributed by atoms with Crippen molar-refractivity contribution in [3.8, 4) is 11.1 Å². The second-order valence-electron chi connectivity index (χ2n) is 5.91. The van der Waals surface area contributed by atoms with Gasteiger partial charge < -0.3 is 14.9 Å². The molecule has 0 unspecified atom stereocenters. The fraction of sp³-hybridized carbons (Fsp3) is 0.316. The molecule has 2 aromatic rings. The lowest BCUT2D eigenvalue weighted by Crippen LogP contribution is -2.38. The molecule has 0 aliphatic rings. The number of rotatable bonds is 7. The van der Waals surface area contributed by atoms with E-state index < -0.39 is 0 Å². The molecule has 0 heterocycles. The summed E-state index contributed by atoms with van der Waals surface area (Å²) in [4.78, 5) is 16.5. The van der Waals surface area contributed by atoms with E-state index in [9.17, 15) is 9.90 Å². The average Bonchev–Trinajstić information content (AvgIpc) is 2.58. The van der Waals surface area contributed by atoms with Crippen LogP contribution < -0.4 is 0 Å². The SMILES string of the molecule is CN(C)CCN(CCO)C(=O)c1cccc(-c2cccc(Cl)c2)c1. The maximum Gasteiger partial charge on any atom is 0.253 e. The number of aliphatic hydroxyl groups excluding tert-OH is 1. The van der Waals surface area contributed by atoms with E-state index in [1.54, 1.807) is 11.0 Å². The van der Waals surface area contributed by atoms with Crippen molar-refractivity contribution in [3.05, 3.63) is 59.1 Å². The lowest BCUT2D eigenvalue weighted by atomic mass is 10.0. The van der Waals surface area contributed by atoms with Crippen LogP contribution in [0.4, 0.5) is 0 Å². The van der Waals surface area contributed by atoms with Crippen LogP contribution in [0, 0.1) is 0 Å². The van der Waals surface area contributed by atoms with Gasteiger partial charge in [0.1, 0.15) is 0 Å². The molecule has 0 aliphatic heterocycles. The first-order valence-electron chi connectivity index (χ1n) is 7.92. The van der Waals surface area contributed by atoms with E-state index in [0.29, 0.717) is 23.7 Å². The van der Waals surface area contributed by atoms with E-state index in [4.69, 9.17) is 11.6 Å². The minimum atomic E-state index is -0.0743. The molecule has 0 atom stereocenters. The molecule has 0 fully saturated rings. The fourth-order valence-corrected chi connectivity index (χ4v) is 2.63.